The van der Waals surface area contributed by atoms with E-state index in [1.165, 1.54) is 4.70 Å². The van der Waals surface area contributed by atoms with Crippen LogP contribution in [0.2, 0.25) is 0 Å². The normalized spacial score (nSPS) is 11.2. The van der Waals surface area contributed by atoms with Gasteiger partial charge in [-0.1, -0.05) is 30.3 Å². The fourth-order valence-electron chi connectivity index (χ4n) is 2.42. The van der Waals surface area contributed by atoms with Crippen LogP contribution in [0.1, 0.15) is 5.69 Å². The molecule has 2 nitrogen and oxygen atoms in total. The van der Waals surface area contributed by atoms with E-state index in [0.717, 1.165) is 32.7 Å². The Morgan fingerprint density at radius 2 is 1.60 bits per heavy atom. The van der Waals surface area contributed by atoms with Gasteiger partial charge in [0.25, 0.3) is 0 Å². The third-order valence-corrected chi connectivity index (χ3v) is 4.51. The number of hydrogen-bond donors (Lipinski definition) is 0. The molecule has 2 heterocycles. The lowest BCUT2D eigenvalue weighted by Gasteiger charge is -2.04. The molecule has 0 radical (unpaired) electrons. The Morgan fingerprint density at radius 3 is 2.45 bits per heavy atom. The highest BCUT2D eigenvalue weighted by Crippen LogP contribution is 2.32. The molecule has 0 aliphatic rings. The van der Waals surface area contributed by atoms with Gasteiger partial charge in [-0.3, -0.25) is 4.98 Å². The number of nitrogens with zero attached hydrogens (tertiary/aromatic N) is 2. The minimum absolute atomic E-state index is 1.03. The van der Waals surface area contributed by atoms with Gasteiger partial charge in [-0.05, 0) is 31.2 Å². The lowest BCUT2D eigenvalue weighted by atomic mass is 10.1. The van der Waals surface area contributed by atoms with E-state index in [-0.39, 0.29) is 0 Å². The zero-order valence-corrected chi connectivity index (χ0v) is 11.8. The number of fused-ring (bicyclic) bond motifs is 2. The third-order valence-electron chi connectivity index (χ3n) is 3.44. The number of benzene rings is 2. The van der Waals surface area contributed by atoms with Crippen LogP contribution in [-0.4, -0.2) is 9.97 Å². The number of para-hydroxylation sites is 2. The van der Waals surface area contributed by atoms with Crippen molar-refractivity contribution in [2.24, 2.45) is 0 Å². The minimum atomic E-state index is 1.03. The Morgan fingerprint density at radius 1 is 0.850 bits per heavy atom. The van der Waals surface area contributed by atoms with Crippen LogP contribution < -0.4 is 0 Å². The molecule has 2 aromatic heterocycles. The molecule has 0 bridgehead atoms. The summed E-state index contributed by atoms with van der Waals surface area (Å²) in [5, 5.41) is 2.20. The van der Waals surface area contributed by atoms with Crippen LogP contribution in [-0.2, 0) is 0 Å². The highest BCUT2D eigenvalue weighted by Gasteiger charge is 2.10. The molecule has 3 heteroatoms. The predicted molar refractivity (Wildman–Crippen MR) is 85.1 cm³/mol. The average molecular weight is 276 g/mol. The molecule has 20 heavy (non-hydrogen) atoms. The Labute approximate surface area is 120 Å². The molecule has 0 aliphatic carbocycles. The number of rotatable bonds is 1. The molecule has 0 amide bonds. The third kappa shape index (κ3) is 1.79. The van der Waals surface area contributed by atoms with Gasteiger partial charge < -0.3 is 0 Å². The number of thiazole rings is 1. The van der Waals surface area contributed by atoms with Gasteiger partial charge in [-0.25, -0.2) is 4.98 Å². The van der Waals surface area contributed by atoms with E-state index in [9.17, 15) is 0 Å². The number of aryl methyl sites for hydroxylation is 1. The number of hydrogen-bond acceptors (Lipinski definition) is 3. The average Bonchev–Trinajstić information content (AvgIpc) is 2.90. The zero-order valence-electron chi connectivity index (χ0n) is 11.0. The topological polar surface area (TPSA) is 25.8 Å². The molecule has 0 spiro atoms. The Hall–Kier alpha value is -2.26. The van der Waals surface area contributed by atoms with Crippen molar-refractivity contribution in [1.29, 1.82) is 0 Å². The summed E-state index contributed by atoms with van der Waals surface area (Å²) in [4.78, 5) is 9.42. The molecular formula is C17H12N2S. The first kappa shape index (κ1) is 11.6. The van der Waals surface area contributed by atoms with Crippen molar-refractivity contribution in [2.45, 2.75) is 6.92 Å². The number of pyridine rings is 1. The van der Waals surface area contributed by atoms with Gasteiger partial charge in [0.15, 0.2) is 0 Å². The van der Waals surface area contributed by atoms with Gasteiger partial charge in [0.2, 0.25) is 0 Å². The highest BCUT2D eigenvalue weighted by atomic mass is 32.1. The number of aromatic nitrogens is 2. The van der Waals surface area contributed by atoms with Crippen molar-refractivity contribution in [3.05, 3.63) is 60.3 Å². The molecule has 0 saturated heterocycles. The molecule has 2 aromatic carbocycles. The van der Waals surface area contributed by atoms with E-state index < -0.39 is 0 Å². The predicted octanol–water partition coefficient (Wildman–Crippen LogP) is 4.82. The summed E-state index contributed by atoms with van der Waals surface area (Å²) in [6.45, 7) is 2.05. The minimum Gasteiger partial charge on any atom is -0.252 e. The van der Waals surface area contributed by atoms with E-state index in [1.807, 2.05) is 31.2 Å². The van der Waals surface area contributed by atoms with E-state index in [2.05, 4.69) is 35.3 Å². The fraction of sp³-hybridized carbons (Fsp3) is 0.0588. The maximum absolute atomic E-state index is 4.73. The van der Waals surface area contributed by atoms with Gasteiger partial charge in [0, 0.05) is 16.6 Å². The Bertz CT molecular complexity index is 891. The highest BCUT2D eigenvalue weighted by molar-refractivity contribution is 7.21. The smallest absolute Gasteiger partial charge is 0.126 e. The molecule has 0 N–H and O–H groups in total. The Balaban J connectivity index is 1.98. The summed E-state index contributed by atoms with van der Waals surface area (Å²) < 4.78 is 1.22. The van der Waals surface area contributed by atoms with Crippen molar-refractivity contribution in [1.82, 2.24) is 9.97 Å². The summed E-state index contributed by atoms with van der Waals surface area (Å²) in [5.41, 5.74) is 4.25. The first-order valence-corrected chi connectivity index (χ1v) is 7.35. The summed E-state index contributed by atoms with van der Waals surface area (Å²) in [6.07, 6.45) is 0. The second kappa shape index (κ2) is 4.39. The molecule has 4 aromatic rings. The quantitative estimate of drug-likeness (QED) is 0.498. The van der Waals surface area contributed by atoms with Crippen LogP contribution in [0, 0.1) is 6.92 Å². The summed E-state index contributed by atoms with van der Waals surface area (Å²) in [6, 6.07) is 18.6. The van der Waals surface area contributed by atoms with Crippen LogP contribution >= 0.6 is 11.3 Å². The molecule has 96 valence electrons. The molecule has 4 rings (SSSR count). The van der Waals surface area contributed by atoms with E-state index in [1.54, 1.807) is 11.3 Å². The molecule has 0 atom stereocenters. The van der Waals surface area contributed by atoms with Gasteiger partial charge >= 0.3 is 0 Å². The van der Waals surface area contributed by atoms with Gasteiger partial charge in [-0.15, -0.1) is 11.3 Å². The second-order valence-corrected chi connectivity index (χ2v) is 5.83. The van der Waals surface area contributed by atoms with Crippen LogP contribution in [0.5, 0.6) is 0 Å². The fourth-order valence-corrected chi connectivity index (χ4v) is 3.45. The van der Waals surface area contributed by atoms with Crippen LogP contribution in [0.15, 0.2) is 54.6 Å². The molecule has 0 unspecified atom stereocenters. The summed E-state index contributed by atoms with van der Waals surface area (Å²) in [5.74, 6) is 0. The SMILES string of the molecule is Cc1nc2ccccc2cc1-c1nc2ccccc2s1. The standard InChI is InChI=1S/C17H12N2S/c1-11-13(10-12-6-2-3-7-14(12)18-11)17-19-15-8-4-5-9-16(15)20-17/h2-10H,1H3. The summed E-state index contributed by atoms with van der Waals surface area (Å²) in [7, 11) is 0. The zero-order chi connectivity index (χ0) is 13.5. The van der Waals surface area contributed by atoms with Crippen molar-refractivity contribution in [3.8, 4) is 10.6 Å². The molecule has 0 saturated carbocycles. The van der Waals surface area contributed by atoms with Crippen LogP contribution in [0.25, 0.3) is 31.7 Å². The lowest BCUT2D eigenvalue weighted by molar-refractivity contribution is 1.25. The maximum Gasteiger partial charge on any atom is 0.126 e. The Kier molecular flexibility index (Phi) is 2.54. The van der Waals surface area contributed by atoms with Crippen LogP contribution in [0.4, 0.5) is 0 Å². The lowest BCUT2D eigenvalue weighted by Crippen LogP contribution is -1.88. The molecule has 0 fully saturated rings. The maximum atomic E-state index is 4.73. The second-order valence-electron chi connectivity index (χ2n) is 4.80. The van der Waals surface area contributed by atoms with Crippen molar-refractivity contribution in [2.75, 3.05) is 0 Å². The summed E-state index contributed by atoms with van der Waals surface area (Å²) >= 11 is 1.72. The van der Waals surface area contributed by atoms with E-state index in [0.29, 0.717) is 0 Å². The first-order valence-electron chi connectivity index (χ1n) is 6.53. The van der Waals surface area contributed by atoms with Crippen molar-refractivity contribution in [3.63, 3.8) is 0 Å². The molecular weight excluding hydrogens is 264 g/mol. The van der Waals surface area contributed by atoms with E-state index in [4.69, 9.17) is 4.98 Å². The van der Waals surface area contributed by atoms with Crippen molar-refractivity contribution >= 4 is 32.5 Å². The first-order chi connectivity index (χ1) is 9.81. The van der Waals surface area contributed by atoms with Gasteiger partial charge in [0.1, 0.15) is 5.01 Å². The van der Waals surface area contributed by atoms with Gasteiger partial charge in [-0.2, -0.15) is 0 Å². The van der Waals surface area contributed by atoms with Gasteiger partial charge in [0.05, 0.1) is 15.7 Å². The monoisotopic (exact) mass is 276 g/mol. The van der Waals surface area contributed by atoms with Crippen LogP contribution in [0.3, 0.4) is 0 Å². The van der Waals surface area contributed by atoms with E-state index >= 15 is 0 Å². The molecule has 0 aliphatic heterocycles. The largest absolute Gasteiger partial charge is 0.252 e. The van der Waals surface area contributed by atoms with Crippen molar-refractivity contribution < 1.29 is 0 Å².